The number of halogens is 3. The molecule has 11 heteroatoms. The molecule has 0 atom stereocenters. The van der Waals surface area contributed by atoms with Crippen molar-refractivity contribution in [2.24, 2.45) is 0 Å². The molecule has 29 heavy (non-hydrogen) atoms. The highest BCUT2D eigenvalue weighted by atomic mass is 35.5. The number of hydrogen-bond donors (Lipinski definition) is 1. The summed E-state index contributed by atoms with van der Waals surface area (Å²) >= 11 is 7.05. The average molecular weight is 458 g/mol. The summed E-state index contributed by atoms with van der Waals surface area (Å²) in [7, 11) is -1.02. The highest BCUT2D eigenvalue weighted by Crippen LogP contribution is 2.29. The summed E-state index contributed by atoms with van der Waals surface area (Å²) in [5.41, 5.74) is 0.0412. The van der Waals surface area contributed by atoms with Gasteiger partial charge in [0, 0.05) is 25.0 Å². The molecule has 2 aromatic carbocycles. The molecule has 0 aliphatic rings. The summed E-state index contributed by atoms with van der Waals surface area (Å²) < 4.78 is 52.8. The van der Waals surface area contributed by atoms with Crippen LogP contribution in [0.4, 0.5) is 13.9 Å². The number of carbonyl (C=O) groups is 1. The van der Waals surface area contributed by atoms with E-state index in [2.05, 4.69) is 10.3 Å². The molecule has 0 saturated heterocycles. The molecular formula is C18H14ClF2N3O3S2. The molecule has 1 heterocycles. The van der Waals surface area contributed by atoms with Gasteiger partial charge in [-0.3, -0.25) is 10.1 Å². The van der Waals surface area contributed by atoms with Crippen molar-refractivity contribution in [2.75, 3.05) is 19.4 Å². The Morgan fingerprint density at radius 1 is 1.17 bits per heavy atom. The second-order valence-electron chi connectivity index (χ2n) is 6.05. The predicted octanol–water partition coefficient (Wildman–Crippen LogP) is 4.24. The molecule has 0 spiro atoms. The number of benzene rings is 2. The molecule has 0 unspecified atom stereocenters. The van der Waals surface area contributed by atoms with Crippen molar-refractivity contribution in [3.63, 3.8) is 0 Å². The number of aromatic nitrogens is 1. The van der Waals surface area contributed by atoms with E-state index in [-0.39, 0.29) is 31.9 Å². The van der Waals surface area contributed by atoms with Crippen molar-refractivity contribution < 1.29 is 22.0 Å². The first-order valence-electron chi connectivity index (χ1n) is 8.04. The Labute approximate surface area is 174 Å². The van der Waals surface area contributed by atoms with Crippen LogP contribution in [0.5, 0.6) is 0 Å². The van der Waals surface area contributed by atoms with Crippen LogP contribution >= 0.6 is 22.9 Å². The van der Waals surface area contributed by atoms with E-state index >= 15 is 0 Å². The van der Waals surface area contributed by atoms with Crippen LogP contribution in [0.1, 0.15) is 10.4 Å². The quantitative estimate of drug-likeness (QED) is 0.621. The fourth-order valence-electron chi connectivity index (χ4n) is 2.36. The lowest BCUT2D eigenvalue weighted by Gasteiger charge is -2.13. The first kappa shape index (κ1) is 21.3. The zero-order valence-electron chi connectivity index (χ0n) is 15.1. The van der Waals surface area contributed by atoms with Gasteiger partial charge < -0.3 is 0 Å². The summed E-state index contributed by atoms with van der Waals surface area (Å²) in [5.74, 6) is -1.96. The van der Waals surface area contributed by atoms with Crippen LogP contribution in [0.2, 0.25) is 5.02 Å². The van der Waals surface area contributed by atoms with Gasteiger partial charge in [-0.1, -0.05) is 11.6 Å². The monoisotopic (exact) mass is 457 g/mol. The fourth-order valence-corrected chi connectivity index (χ4v) is 4.20. The lowest BCUT2D eigenvalue weighted by atomic mass is 10.1. The van der Waals surface area contributed by atoms with Crippen LogP contribution < -0.4 is 5.32 Å². The van der Waals surface area contributed by atoms with Crippen molar-refractivity contribution in [2.45, 2.75) is 4.90 Å². The van der Waals surface area contributed by atoms with Gasteiger partial charge in [-0.25, -0.2) is 26.5 Å². The van der Waals surface area contributed by atoms with Crippen LogP contribution in [0, 0.1) is 11.6 Å². The Morgan fingerprint density at radius 2 is 1.90 bits per heavy atom. The molecular weight excluding hydrogens is 444 g/mol. The minimum absolute atomic E-state index is 0.0427. The molecule has 0 radical (unpaired) electrons. The Hall–Kier alpha value is -2.40. The number of amides is 1. The highest BCUT2D eigenvalue weighted by molar-refractivity contribution is 7.89. The molecule has 1 amide bonds. The molecule has 6 nitrogen and oxygen atoms in total. The third-order valence-electron chi connectivity index (χ3n) is 3.89. The summed E-state index contributed by atoms with van der Waals surface area (Å²) in [4.78, 5) is 16.6. The normalized spacial score (nSPS) is 11.7. The SMILES string of the molecule is CN(C)S(=O)(=O)c1ccc(Cl)c(C(=O)Nc2nc(-c3cc(F)ccc3F)cs2)c1. The fraction of sp³-hybridized carbons (Fsp3) is 0.111. The van der Waals surface area contributed by atoms with Crippen molar-refractivity contribution in [1.29, 1.82) is 0 Å². The maximum Gasteiger partial charge on any atom is 0.259 e. The van der Waals surface area contributed by atoms with E-state index in [1.54, 1.807) is 0 Å². The van der Waals surface area contributed by atoms with E-state index in [1.807, 2.05) is 0 Å². The second kappa shape index (κ2) is 8.15. The standard InChI is InChI=1S/C18H14ClF2N3O3S2/c1-24(2)29(26,27)11-4-5-14(19)12(8-11)17(25)23-18-22-16(9-28-18)13-7-10(20)3-6-15(13)21/h3-9H,1-2H3,(H,22,23,25). The number of nitrogens with one attached hydrogen (secondary N) is 1. The minimum Gasteiger partial charge on any atom is -0.298 e. The molecule has 0 saturated carbocycles. The van der Waals surface area contributed by atoms with Gasteiger partial charge in [0.1, 0.15) is 11.6 Å². The van der Waals surface area contributed by atoms with E-state index in [4.69, 9.17) is 11.6 Å². The van der Waals surface area contributed by atoms with Crippen LogP contribution in [0.3, 0.4) is 0 Å². The van der Waals surface area contributed by atoms with Crippen LogP contribution in [-0.4, -0.2) is 37.7 Å². The molecule has 0 fully saturated rings. The third kappa shape index (κ3) is 4.45. The van der Waals surface area contributed by atoms with Gasteiger partial charge in [-0.05, 0) is 36.4 Å². The van der Waals surface area contributed by atoms with E-state index in [1.165, 1.54) is 31.6 Å². The summed E-state index contributed by atoms with van der Waals surface area (Å²) in [5, 5.41) is 4.12. The number of anilines is 1. The molecule has 1 aromatic heterocycles. The van der Waals surface area contributed by atoms with Gasteiger partial charge in [0.15, 0.2) is 5.13 Å². The predicted molar refractivity (Wildman–Crippen MR) is 108 cm³/mol. The van der Waals surface area contributed by atoms with Crippen molar-refractivity contribution in [1.82, 2.24) is 9.29 Å². The average Bonchev–Trinajstić information content (AvgIpc) is 3.11. The first-order valence-corrected chi connectivity index (χ1v) is 10.7. The molecule has 0 aliphatic heterocycles. The smallest absolute Gasteiger partial charge is 0.259 e. The van der Waals surface area contributed by atoms with Gasteiger partial charge in [-0.15, -0.1) is 11.3 Å². The molecule has 152 valence electrons. The van der Waals surface area contributed by atoms with Crippen LogP contribution in [0.15, 0.2) is 46.7 Å². The number of sulfonamides is 1. The zero-order valence-corrected chi connectivity index (χ0v) is 17.5. The number of carbonyl (C=O) groups excluding carboxylic acids is 1. The molecule has 1 N–H and O–H groups in total. The largest absolute Gasteiger partial charge is 0.298 e. The Morgan fingerprint density at radius 3 is 2.59 bits per heavy atom. The van der Waals surface area contributed by atoms with Gasteiger partial charge in [-0.2, -0.15) is 0 Å². The maximum absolute atomic E-state index is 13.9. The van der Waals surface area contributed by atoms with Crippen LogP contribution in [-0.2, 0) is 10.0 Å². The van der Waals surface area contributed by atoms with Crippen molar-refractivity contribution >= 4 is 44.0 Å². The topological polar surface area (TPSA) is 79.4 Å². The number of thiazole rings is 1. The van der Waals surface area contributed by atoms with E-state index in [9.17, 15) is 22.0 Å². The molecule has 0 aliphatic carbocycles. The van der Waals surface area contributed by atoms with Gasteiger partial charge in [0.2, 0.25) is 10.0 Å². The number of hydrogen-bond acceptors (Lipinski definition) is 5. The van der Waals surface area contributed by atoms with E-state index < -0.39 is 27.6 Å². The lowest BCUT2D eigenvalue weighted by Crippen LogP contribution is -2.23. The zero-order chi connectivity index (χ0) is 21.3. The second-order valence-corrected chi connectivity index (χ2v) is 9.46. The van der Waals surface area contributed by atoms with Crippen molar-refractivity contribution in [3.8, 4) is 11.3 Å². The van der Waals surface area contributed by atoms with E-state index in [0.717, 1.165) is 39.9 Å². The summed E-state index contributed by atoms with van der Waals surface area (Å²) in [6.45, 7) is 0. The number of nitrogens with zero attached hydrogens (tertiary/aromatic N) is 2. The minimum atomic E-state index is -3.76. The first-order chi connectivity index (χ1) is 13.6. The molecule has 3 aromatic rings. The van der Waals surface area contributed by atoms with Gasteiger partial charge in [0.05, 0.1) is 21.2 Å². The Bertz CT molecular complexity index is 1200. The van der Waals surface area contributed by atoms with Gasteiger partial charge >= 0.3 is 0 Å². The Balaban J connectivity index is 1.88. The molecule has 0 bridgehead atoms. The third-order valence-corrected chi connectivity index (χ3v) is 6.79. The highest BCUT2D eigenvalue weighted by Gasteiger charge is 2.21. The summed E-state index contributed by atoms with van der Waals surface area (Å²) in [6.07, 6.45) is 0. The molecule has 3 rings (SSSR count). The van der Waals surface area contributed by atoms with Gasteiger partial charge in [0.25, 0.3) is 5.91 Å². The Kier molecular flexibility index (Phi) is 5.99. The number of rotatable bonds is 5. The maximum atomic E-state index is 13.9. The van der Waals surface area contributed by atoms with Crippen molar-refractivity contribution in [3.05, 3.63) is 64.0 Å². The van der Waals surface area contributed by atoms with Crippen LogP contribution in [0.25, 0.3) is 11.3 Å². The lowest BCUT2D eigenvalue weighted by molar-refractivity contribution is 0.102. The van der Waals surface area contributed by atoms with E-state index in [0.29, 0.717) is 0 Å². The summed E-state index contributed by atoms with van der Waals surface area (Å²) in [6, 6.07) is 6.74.